The van der Waals surface area contributed by atoms with Crippen LogP contribution in [0.15, 0.2) is 18.5 Å². The van der Waals surface area contributed by atoms with Crippen molar-refractivity contribution in [1.82, 2.24) is 0 Å². The van der Waals surface area contributed by atoms with Gasteiger partial charge < -0.3 is 0 Å². The number of hydrogen-bond acceptors (Lipinski definition) is 0. The number of pyridine rings is 1. The Morgan fingerprint density at radius 1 is 1.18 bits per heavy atom. The van der Waals surface area contributed by atoms with E-state index >= 15 is 0 Å². The van der Waals surface area contributed by atoms with Crippen molar-refractivity contribution in [2.24, 2.45) is 7.05 Å². The molecule has 0 aliphatic carbocycles. The number of hydrogen-bond donors (Lipinski definition) is 0. The number of aromatic nitrogens is 1. The summed E-state index contributed by atoms with van der Waals surface area (Å²) in [7, 11) is 2.07. The molecule has 1 nitrogen and oxygen atoms in total. The van der Waals surface area contributed by atoms with Gasteiger partial charge in [0.2, 0.25) is 0 Å². The minimum atomic E-state index is 1.14. The second-order valence-electron chi connectivity index (χ2n) is 2.87. The van der Waals surface area contributed by atoms with Crippen LogP contribution >= 0.6 is 0 Å². The standard InChI is InChI=1S/C10H16N/c1-4-9-6-7-11(3)8-10(9)5-2/h6-8H,4-5H2,1-3H3/q+1. The lowest BCUT2D eigenvalue weighted by atomic mass is 10.1. The summed E-state index contributed by atoms with van der Waals surface area (Å²) in [6.07, 6.45) is 6.60. The summed E-state index contributed by atoms with van der Waals surface area (Å²) in [5.74, 6) is 0. The summed E-state index contributed by atoms with van der Waals surface area (Å²) in [5, 5.41) is 0. The van der Waals surface area contributed by atoms with Crippen LogP contribution < -0.4 is 4.57 Å². The van der Waals surface area contributed by atoms with Crippen molar-refractivity contribution in [3.63, 3.8) is 0 Å². The van der Waals surface area contributed by atoms with E-state index in [9.17, 15) is 0 Å². The molecule has 0 radical (unpaired) electrons. The van der Waals surface area contributed by atoms with Crippen molar-refractivity contribution in [1.29, 1.82) is 0 Å². The largest absolute Gasteiger partial charge is 0.208 e. The fourth-order valence-corrected chi connectivity index (χ4v) is 1.35. The van der Waals surface area contributed by atoms with Crippen LogP contribution in [-0.4, -0.2) is 0 Å². The molecule has 0 unspecified atom stereocenters. The Balaban J connectivity index is 3.06. The second-order valence-corrected chi connectivity index (χ2v) is 2.87. The molecule has 0 aliphatic heterocycles. The van der Waals surface area contributed by atoms with Gasteiger partial charge in [-0.3, -0.25) is 0 Å². The van der Waals surface area contributed by atoms with Gasteiger partial charge in [0.1, 0.15) is 7.05 Å². The molecule has 1 heterocycles. The second kappa shape index (κ2) is 3.51. The zero-order valence-electron chi connectivity index (χ0n) is 7.59. The molecule has 1 aromatic heterocycles. The highest BCUT2D eigenvalue weighted by atomic mass is 14.9. The predicted octanol–water partition coefficient (Wildman–Crippen LogP) is 1.64. The first-order valence-electron chi connectivity index (χ1n) is 4.25. The molecule has 0 fully saturated rings. The highest BCUT2D eigenvalue weighted by Crippen LogP contribution is 2.06. The van der Waals surface area contributed by atoms with Gasteiger partial charge in [-0.25, -0.2) is 4.57 Å². The first-order valence-corrected chi connectivity index (χ1v) is 4.25. The quantitative estimate of drug-likeness (QED) is 0.564. The maximum atomic E-state index is 2.21. The van der Waals surface area contributed by atoms with Gasteiger partial charge >= 0.3 is 0 Å². The first kappa shape index (κ1) is 8.25. The van der Waals surface area contributed by atoms with Gasteiger partial charge in [0, 0.05) is 11.6 Å². The molecule has 0 saturated carbocycles. The van der Waals surface area contributed by atoms with E-state index in [1.165, 1.54) is 11.1 Å². The van der Waals surface area contributed by atoms with Crippen molar-refractivity contribution in [2.45, 2.75) is 26.7 Å². The van der Waals surface area contributed by atoms with E-state index in [2.05, 4.69) is 43.9 Å². The minimum Gasteiger partial charge on any atom is -0.208 e. The Morgan fingerprint density at radius 2 is 1.82 bits per heavy atom. The highest BCUT2D eigenvalue weighted by Gasteiger charge is 2.01. The van der Waals surface area contributed by atoms with Crippen LogP contribution in [0.4, 0.5) is 0 Å². The average molecular weight is 150 g/mol. The smallest absolute Gasteiger partial charge is 0.171 e. The molecule has 0 saturated heterocycles. The maximum Gasteiger partial charge on any atom is 0.171 e. The lowest BCUT2D eigenvalue weighted by molar-refractivity contribution is -0.672. The minimum absolute atomic E-state index is 1.14. The SMILES string of the molecule is CCc1cc[n+](C)cc1CC. The van der Waals surface area contributed by atoms with E-state index in [1.807, 2.05) is 0 Å². The fourth-order valence-electron chi connectivity index (χ4n) is 1.35. The molecule has 1 aromatic rings. The fraction of sp³-hybridized carbons (Fsp3) is 0.500. The number of rotatable bonds is 2. The van der Waals surface area contributed by atoms with Crippen LogP contribution in [0.3, 0.4) is 0 Å². The van der Waals surface area contributed by atoms with Gasteiger partial charge in [-0.05, 0) is 18.4 Å². The van der Waals surface area contributed by atoms with E-state index in [-0.39, 0.29) is 0 Å². The lowest BCUT2D eigenvalue weighted by Crippen LogP contribution is -2.27. The Bertz CT molecular complexity index is 241. The molecule has 0 amide bonds. The molecule has 0 N–H and O–H groups in total. The lowest BCUT2D eigenvalue weighted by Gasteiger charge is -2.01. The molecule has 60 valence electrons. The molecule has 11 heavy (non-hydrogen) atoms. The zero-order valence-corrected chi connectivity index (χ0v) is 7.59. The summed E-state index contributed by atoms with van der Waals surface area (Å²) in [5.41, 5.74) is 2.95. The normalized spacial score (nSPS) is 10.1. The van der Waals surface area contributed by atoms with Crippen molar-refractivity contribution in [2.75, 3.05) is 0 Å². The summed E-state index contributed by atoms with van der Waals surface area (Å²) < 4.78 is 2.11. The molecular weight excluding hydrogens is 134 g/mol. The average Bonchev–Trinajstić information content (AvgIpc) is 2.04. The third-order valence-electron chi connectivity index (χ3n) is 2.04. The number of nitrogens with zero attached hydrogens (tertiary/aromatic N) is 1. The molecule has 1 heteroatoms. The topological polar surface area (TPSA) is 3.88 Å². The first-order chi connectivity index (χ1) is 5.27. The summed E-state index contributed by atoms with van der Waals surface area (Å²) >= 11 is 0. The molecule has 0 atom stereocenters. The van der Waals surface area contributed by atoms with Crippen LogP contribution in [0, 0.1) is 0 Å². The van der Waals surface area contributed by atoms with E-state index in [0.29, 0.717) is 0 Å². The summed E-state index contributed by atoms with van der Waals surface area (Å²) in [4.78, 5) is 0. The summed E-state index contributed by atoms with van der Waals surface area (Å²) in [6.45, 7) is 4.41. The third-order valence-corrected chi connectivity index (χ3v) is 2.04. The Labute approximate surface area is 68.7 Å². The van der Waals surface area contributed by atoms with E-state index in [0.717, 1.165) is 12.8 Å². The van der Waals surface area contributed by atoms with Crippen LogP contribution in [0.25, 0.3) is 0 Å². The molecule has 0 aliphatic rings. The van der Waals surface area contributed by atoms with Gasteiger partial charge in [0.05, 0.1) is 0 Å². The van der Waals surface area contributed by atoms with E-state index < -0.39 is 0 Å². The zero-order chi connectivity index (χ0) is 8.27. The molecule has 0 spiro atoms. The summed E-state index contributed by atoms with van der Waals surface area (Å²) in [6, 6.07) is 2.21. The molecule has 0 aromatic carbocycles. The van der Waals surface area contributed by atoms with Gasteiger partial charge in [-0.2, -0.15) is 0 Å². The van der Waals surface area contributed by atoms with Crippen molar-refractivity contribution < 1.29 is 4.57 Å². The van der Waals surface area contributed by atoms with Crippen molar-refractivity contribution in [3.8, 4) is 0 Å². The van der Waals surface area contributed by atoms with Gasteiger partial charge in [-0.1, -0.05) is 13.8 Å². The third kappa shape index (κ3) is 1.79. The highest BCUT2D eigenvalue weighted by molar-refractivity contribution is 5.20. The van der Waals surface area contributed by atoms with Gasteiger partial charge in [0.25, 0.3) is 0 Å². The van der Waals surface area contributed by atoms with Gasteiger partial charge in [-0.15, -0.1) is 0 Å². The molecular formula is C10H16N+. The predicted molar refractivity (Wildman–Crippen MR) is 46.4 cm³/mol. The van der Waals surface area contributed by atoms with Crippen LogP contribution in [0.2, 0.25) is 0 Å². The Kier molecular flexibility index (Phi) is 2.64. The monoisotopic (exact) mass is 150 g/mol. The molecule has 0 bridgehead atoms. The van der Waals surface area contributed by atoms with Crippen LogP contribution in [0.1, 0.15) is 25.0 Å². The Morgan fingerprint density at radius 3 is 2.36 bits per heavy atom. The van der Waals surface area contributed by atoms with Crippen LogP contribution in [0.5, 0.6) is 0 Å². The number of aryl methyl sites for hydroxylation is 3. The van der Waals surface area contributed by atoms with Crippen LogP contribution in [-0.2, 0) is 19.9 Å². The van der Waals surface area contributed by atoms with Crippen molar-refractivity contribution in [3.05, 3.63) is 29.6 Å². The maximum absolute atomic E-state index is 2.21. The van der Waals surface area contributed by atoms with E-state index in [1.54, 1.807) is 0 Å². The van der Waals surface area contributed by atoms with Crippen molar-refractivity contribution >= 4 is 0 Å². The Hall–Kier alpha value is -0.850. The van der Waals surface area contributed by atoms with E-state index in [4.69, 9.17) is 0 Å². The molecule has 1 rings (SSSR count). The van der Waals surface area contributed by atoms with Gasteiger partial charge in [0.15, 0.2) is 12.4 Å².